The summed E-state index contributed by atoms with van der Waals surface area (Å²) in [6, 6.07) is 4.79. The summed E-state index contributed by atoms with van der Waals surface area (Å²) >= 11 is 0. The average molecular weight is 238 g/mol. The van der Waals surface area contributed by atoms with Crippen molar-refractivity contribution in [2.24, 2.45) is 0 Å². The van der Waals surface area contributed by atoms with Crippen molar-refractivity contribution in [3.8, 4) is 0 Å². The van der Waals surface area contributed by atoms with Gasteiger partial charge >= 0.3 is 5.97 Å². The van der Waals surface area contributed by atoms with E-state index < -0.39 is 4.92 Å². The fourth-order valence-corrected chi connectivity index (χ4v) is 1.35. The summed E-state index contributed by atoms with van der Waals surface area (Å²) in [5.41, 5.74) is 1.33. The molecule has 0 saturated carbocycles. The van der Waals surface area contributed by atoms with E-state index >= 15 is 0 Å². The lowest BCUT2D eigenvalue weighted by molar-refractivity contribution is -0.384. The van der Waals surface area contributed by atoms with Crippen LogP contribution in [0, 0.1) is 17.0 Å². The standard InChI is InChI=1S/C11H14N2O4/c1-8-3-4-10(13(15)16)9(7-8)12-6-5-11(14)17-2/h3-4,7,12H,5-6H2,1-2H3. The summed E-state index contributed by atoms with van der Waals surface area (Å²) in [6.45, 7) is 2.15. The number of ether oxygens (including phenoxy) is 1. The zero-order valence-electron chi connectivity index (χ0n) is 9.73. The topological polar surface area (TPSA) is 81.5 Å². The van der Waals surface area contributed by atoms with E-state index in [1.54, 1.807) is 12.1 Å². The van der Waals surface area contributed by atoms with Gasteiger partial charge < -0.3 is 10.1 Å². The molecule has 0 unspecified atom stereocenters. The number of nitro benzene ring substituents is 1. The second-order valence-corrected chi connectivity index (χ2v) is 3.53. The molecule has 0 aliphatic carbocycles. The van der Waals surface area contributed by atoms with Crippen molar-refractivity contribution in [3.05, 3.63) is 33.9 Å². The summed E-state index contributed by atoms with van der Waals surface area (Å²) in [7, 11) is 1.30. The number of rotatable bonds is 5. The lowest BCUT2D eigenvalue weighted by Gasteiger charge is -2.07. The Hall–Kier alpha value is -2.11. The Balaban J connectivity index is 2.72. The number of carbonyl (C=O) groups is 1. The predicted octanol–water partition coefficient (Wildman–Crippen LogP) is 1.88. The Morgan fingerprint density at radius 3 is 2.82 bits per heavy atom. The summed E-state index contributed by atoms with van der Waals surface area (Å²) in [5, 5.41) is 13.6. The van der Waals surface area contributed by atoms with Crippen LogP contribution in [0.2, 0.25) is 0 Å². The minimum Gasteiger partial charge on any atom is -0.469 e. The third-order valence-corrected chi connectivity index (χ3v) is 2.22. The van der Waals surface area contributed by atoms with Gasteiger partial charge in [-0.2, -0.15) is 0 Å². The first-order valence-electron chi connectivity index (χ1n) is 5.10. The van der Waals surface area contributed by atoms with Gasteiger partial charge in [0, 0.05) is 12.6 Å². The third kappa shape index (κ3) is 3.75. The Labute approximate surface area is 98.7 Å². The Morgan fingerprint density at radius 1 is 1.53 bits per heavy atom. The first-order chi connectivity index (χ1) is 8.04. The van der Waals surface area contributed by atoms with Gasteiger partial charge in [0.05, 0.1) is 18.5 Å². The van der Waals surface area contributed by atoms with E-state index in [0.717, 1.165) is 5.56 Å². The molecule has 1 aromatic carbocycles. The predicted molar refractivity (Wildman–Crippen MR) is 63.0 cm³/mol. The van der Waals surface area contributed by atoms with Gasteiger partial charge in [0.15, 0.2) is 0 Å². The molecular formula is C11H14N2O4. The quantitative estimate of drug-likeness (QED) is 0.481. The number of aryl methyl sites for hydroxylation is 1. The van der Waals surface area contributed by atoms with Crippen LogP contribution >= 0.6 is 0 Å². The minimum absolute atomic E-state index is 0.000431. The number of nitrogens with one attached hydrogen (secondary N) is 1. The van der Waals surface area contributed by atoms with Crippen LogP contribution in [0.3, 0.4) is 0 Å². The number of hydrogen-bond donors (Lipinski definition) is 1. The van der Waals surface area contributed by atoms with Gasteiger partial charge in [0.1, 0.15) is 5.69 Å². The maximum absolute atomic E-state index is 10.9. The van der Waals surface area contributed by atoms with Crippen LogP contribution in [0.1, 0.15) is 12.0 Å². The highest BCUT2D eigenvalue weighted by atomic mass is 16.6. The van der Waals surface area contributed by atoms with Gasteiger partial charge in [-0.15, -0.1) is 0 Å². The molecule has 0 atom stereocenters. The van der Waals surface area contributed by atoms with Crippen LogP contribution in [0.15, 0.2) is 18.2 Å². The van der Waals surface area contributed by atoms with Crippen molar-refractivity contribution >= 4 is 17.3 Å². The van der Waals surface area contributed by atoms with E-state index in [4.69, 9.17) is 0 Å². The van der Waals surface area contributed by atoms with Crippen LogP contribution in [0.4, 0.5) is 11.4 Å². The van der Waals surface area contributed by atoms with Crippen molar-refractivity contribution in [1.82, 2.24) is 0 Å². The largest absolute Gasteiger partial charge is 0.469 e. The molecule has 0 aliphatic heterocycles. The number of methoxy groups -OCH3 is 1. The molecule has 0 saturated heterocycles. The van der Waals surface area contributed by atoms with Crippen molar-refractivity contribution in [2.75, 3.05) is 19.0 Å². The van der Waals surface area contributed by atoms with Gasteiger partial charge in [-0.3, -0.25) is 14.9 Å². The van der Waals surface area contributed by atoms with Gasteiger partial charge in [-0.1, -0.05) is 6.07 Å². The lowest BCUT2D eigenvalue weighted by Crippen LogP contribution is -2.10. The Bertz CT molecular complexity index is 431. The third-order valence-electron chi connectivity index (χ3n) is 2.22. The fourth-order valence-electron chi connectivity index (χ4n) is 1.35. The molecule has 1 N–H and O–H groups in total. The highest BCUT2D eigenvalue weighted by Gasteiger charge is 2.13. The molecule has 0 aromatic heterocycles. The maximum Gasteiger partial charge on any atom is 0.307 e. The monoisotopic (exact) mass is 238 g/mol. The van der Waals surface area contributed by atoms with Crippen LogP contribution in [-0.4, -0.2) is 24.5 Å². The number of nitro groups is 1. The first kappa shape index (κ1) is 13.0. The molecule has 6 heteroatoms. The van der Waals surface area contributed by atoms with Crippen LogP contribution in [0.25, 0.3) is 0 Å². The number of nitrogens with zero attached hydrogens (tertiary/aromatic N) is 1. The van der Waals surface area contributed by atoms with Crippen LogP contribution in [-0.2, 0) is 9.53 Å². The van der Waals surface area contributed by atoms with Crippen molar-refractivity contribution < 1.29 is 14.5 Å². The summed E-state index contributed by atoms with van der Waals surface area (Å²) in [4.78, 5) is 21.2. The van der Waals surface area contributed by atoms with E-state index in [-0.39, 0.29) is 18.1 Å². The molecule has 0 bridgehead atoms. The van der Waals surface area contributed by atoms with Crippen molar-refractivity contribution in [1.29, 1.82) is 0 Å². The number of esters is 1. The van der Waals surface area contributed by atoms with Gasteiger partial charge in [0.2, 0.25) is 0 Å². The zero-order chi connectivity index (χ0) is 12.8. The molecule has 1 rings (SSSR count). The van der Waals surface area contributed by atoms with Crippen molar-refractivity contribution in [2.45, 2.75) is 13.3 Å². The highest BCUT2D eigenvalue weighted by molar-refractivity contribution is 5.70. The lowest BCUT2D eigenvalue weighted by atomic mass is 10.2. The average Bonchev–Trinajstić information content (AvgIpc) is 2.28. The second kappa shape index (κ2) is 5.83. The van der Waals surface area contributed by atoms with Crippen LogP contribution < -0.4 is 5.32 Å². The molecule has 0 amide bonds. The molecule has 17 heavy (non-hydrogen) atoms. The smallest absolute Gasteiger partial charge is 0.307 e. The Kier molecular flexibility index (Phi) is 4.45. The second-order valence-electron chi connectivity index (χ2n) is 3.53. The molecule has 1 aromatic rings. The molecule has 6 nitrogen and oxygen atoms in total. The normalized spacial score (nSPS) is 9.76. The van der Waals surface area contributed by atoms with Crippen LogP contribution in [0.5, 0.6) is 0 Å². The van der Waals surface area contributed by atoms with E-state index in [1.165, 1.54) is 13.2 Å². The molecule has 92 valence electrons. The van der Waals surface area contributed by atoms with Crippen molar-refractivity contribution in [3.63, 3.8) is 0 Å². The van der Waals surface area contributed by atoms with Gasteiger partial charge in [-0.25, -0.2) is 0 Å². The molecule has 0 radical (unpaired) electrons. The molecule has 0 fully saturated rings. The van der Waals surface area contributed by atoms with Gasteiger partial charge in [0.25, 0.3) is 5.69 Å². The van der Waals surface area contributed by atoms with E-state index in [2.05, 4.69) is 10.1 Å². The molecule has 0 heterocycles. The highest BCUT2D eigenvalue weighted by Crippen LogP contribution is 2.24. The Morgan fingerprint density at radius 2 is 2.24 bits per heavy atom. The zero-order valence-corrected chi connectivity index (χ0v) is 9.73. The molecule has 0 spiro atoms. The first-order valence-corrected chi connectivity index (χ1v) is 5.10. The number of carbonyl (C=O) groups excluding carboxylic acids is 1. The van der Waals surface area contributed by atoms with E-state index in [1.807, 2.05) is 6.92 Å². The number of anilines is 1. The number of hydrogen-bond acceptors (Lipinski definition) is 5. The summed E-state index contributed by atoms with van der Waals surface area (Å²) in [6.07, 6.45) is 0.168. The minimum atomic E-state index is -0.458. The SMILES string of the molecule is COC(=O)CCNc1cc(C)ccc1[N+](=O)[O-]. The summed E-state index contributed by atoms with van der Waals surface area (Å²) < 4.78 is 4.48. The van der Waals surface area contributed by atoms with E-state index in [9.17, 15) is 14.9 Å². The molecule has 0 aliphatic rings. The summed E-state index contributed by atoms with van der Waals surface area (Å²) in [5.74, 6) is -0.354. The maximum atomic E-state index is 10.9. The molecular weight excluding hydrogens is 224 g/mol. The fraction of sp³-hybridized carbons (Fsp3) is 0.364. The van der Waals surface area contributed by atoms with Gasteiger partial charge in [-0.05, 0) is 18.6 Å². The number of benzene rings is 1. The van der Waals surface area contributed by atoms with E-state index in [0.29, 0.717) is 12.2 Å².